The first-order valence-electron chi connectivity index (χ1n) is 12.6. The van der Waals surface area contributed by atoms with Gasteiger partial charge in [-0.15, -0.1) is 0 Å². The van der Waals surface area contributed by atoms with E-state index in [4.69, 9.17) is 22.1 Å². The van der Waals surface area contributed by atoms with Crippen LogP contribution in [0.3, 0.4) is 0 Å². The molecule has 3 heterocycles. The van der Waals surface area contributed by atoms with Gasteiger partial charge in [0.1, 0.15) is 11.6 Å². The molecule has 0 aliphatic carbocycles. The molecule has 0 radical (unpaired) electrons. The van der Waals surface area contributed by atoms with E-state index in [1.165, 1.54) is 12.1 Å². The number of nitrogens with two attached hydrogens (primary N) is 1. The maximum atomic E-state index is 13.5. The van der Waals surface area contributed by atoms with E-state index in [-0.39, 0.29) is 17.8 Å². The van der Waals surface area contributed by atoms with Gasteiger partial charge >= 0.3 is 0 Å². The van der Waals surface area contributed by atoms with Gasteiger partial charge in [0.05, 0.1) is 13.2 Å². The summed E-state index contributed by atoms with van der Waals surface area (Å²) in [6, 6.07) is 17.6. The van der Waals surface area contributed by atoms with Crippen molar-refractivity contribution in [3.8, 4) is 0 Å². The van der Waals surface area contributed by atoms with E-state index < -0.39 is 0 Å². The average molecular weight is 526 g/mol. The van der Waals surface area contributed by atoms with E-state index in [1.54, 1.807) is 30.5 Å². The summed E-state index contributed by atoms with van der Waals surface area (Å²) in [4.78, 5) is 20.7. The van der Waals surface area contributed by atoms with Gasteiger partial charge in [-0.25, -0.2) is 9.37 Å². The first-order chi connectivity index (χ1) is 18.0. The molecule has 7 nitrogen and oxygen atoms in total. The first-order valence-corrected chi connectivity index (χ1v) is 13.0. The van der Waals surface area contributed by atoms with Crippen molar-refractivity contribution in [2.24, 2.45) is 0 Å². The molecule has 1 amide bonds. The standard InChI is InChI=1S/C19H20ClFN2O.C9H13N3O/c20-14-5-3-7-16(11-14)22-19(24)13-18-8-1-2-10-23(18)17-9-4-6-15(21)12-17;10-9-7-8(1-2-11-9)12-3-5-13-6-4-12/h3-7,9,11-12,18H,1-2,8,10,13H2,(H,22,24);1-2,7H,3-6H2,(H2,10,11). The van der Waals surface area contributed by atoms with Crippen LogP contribution in [0.2, 0.25) is 5.02 Å². The largest absolute Gasteiger partial charge is 0.384 e. The van der Waals surface area contributed by atoms with Crippen molar-refractivity contribution in [2.75, 3.05) is 53.7 Å². The summed E-state index contributed by atoms with van der Waals surface area (Å²) in [6.07, 6.45) is 5.19. The third-order valence-corrected chi connectivity index (χ3v) is 6.67. The number of anilines is 4. The first kappa shape index (κ1) is 26.7. The number of carbonyl (C=O) groups is 1. The Kier molecular flexibility index (Phi) is 9.57. The molecule has 0 saturated carbocycles. The Balaban J connectivity index is 0.000000207. The van der Waals surface area contributed by atoms with Crippen molar-refractivity contribution in [3.05, 3.63) is 77.7 Å². The van der Waals surface area contributed by atoms with Crippen LogP contribution in [0.15, 0.2) is 66.9 Å². The second-order valence-corrected chi connectivity index (χ2v) is 9.56. The number of benzene rings is 2. The molecule has 1 aromatic heterocycles. The molecule has 9 heteroatoms. The predicted octanol–water partition coefficient (Wildman–Crippen LogP) is 5.37. The molecule has 0 bridgehead atoms. The summed E-state index contributed by atoms with van der Waals surface area (Å²) >= 11 is 5.94. The molecule has 1 unspecified atom stereocenters. The predicted molar refractivity (Wildman–Crippen MR) is 148 cm³/mol. The van der Waals surface area contributed by atoms with Crippen LogP contribution in [0.4, 0.5) is 27.3 Å². The van der Waals surface area contributed by atoms with Crippen molar-refractivity contribution in [3.63, 3.8) is 0 Å². The lowest BCUT2D eigenvalue weighted by Gasteiger charge is -2.37. The number of piperidine rings is 1. The van der Waals surface area contributed by atoms with Gasteiger partial charge in [-0.2, -0.15) is 0 Å². The summed E-state index contributed by atoms with van der Waals surface area (Å²) in [6.45, 7) is 4.30. The van der Waals surface area contributed by atoms with Gasteiger partial charge < -0.3 is 25.6 Å². The minimum absolute atomic E-state index is 0.0504. The Labute approximate surface area is 222 Å². The molecular formula is C28H33ClFN5O2. The number of morpholine rings is 1. The molecule has 2 saturated heterocycles. The van der Waals surface area contributed by atoms with Gasteiger partial charge in [0.25, 0.3) is 0 Å². The van der Waals surface area contributed by atoms with Gasteiger partial charge in [0.2, 0.25) is 5.91 Å². The lowest BCUT2D eigenvalue weighted by molar-refractivity contribution is -0.116. The monoisotopic (exact) mass is 525 g/mol. The Hall–Kier alpha value is -3.36. The van der Waals surface area contributed by atoms with Crippen molar-refractivity contribution < 1.29 is 13.9 Å². The van der Waals surface area contributed by atoms with E-state index in [2.05, 4.69) is 20.1 Å². The van der Waals surface area contributed by atoms with Crippen molar-refractivity contribution in [1.29, 1.82) is 0 Å². The normalized spacial score (nSPS) is 17.5. The fourth-order valence-corrected chi connectivity index (χ4v) is 4.84. The third-order valence-electron chi connectivity index (χ3n) is 6.44. The number of aromatic nitrogens is 1. The SMILES string of the molecule is Nc1cc(N2CCOCC2)ccn1.O=C(CC1CCCCN1c1cccc(F)c1)Nc1cccc(Cl)c1. The van der Waals surface area contributed by atoms with Crippen LogP contribution in [0, 0.1) is 5.82 Å². The molecule has 3 N–H and O–H groups in total. The zero-order chi connectivity index (χ0) is 26.0. The van der Waals surface area contributed by atoms with Gasteiger partial charge in [-0.05, 0) is 61.7 Å². The minimum atomic E-state index is -0.250. The van der Waals surface area contributed by atoms with Gasteiger partial charge in [0.15, 0.2) is 0 Å². The Morgan fingerprint density at radius 2 is 1.86 bits per heavy atom. The molecule has 2 aliphatic rings. The van der Waals surface area contributed by atoms with Crippen LogP contribution in [0.25, 0.3) is 0 Å². The zero-order valence-corrected chi connectivity index (χ0v) is 21.5. The zero-order valence-electron chi connectivity index (χ0n) is 20.8. The second-order valence-electron chi connectivity index (χ2n) is 9.12. The van der Waals surface area contributed by atoms with E-state index in [0.717, 1.165) is 63.5 Å². The highest BCUT2D eigenvalue weighted by atomic mass is 35.5. The Morgan fingerprint density at radius 1 is 1.05 bits per heavy atom. The number of amides is 1. The molecule has 1 atom stereocenters. The van der Waals surface area contributed by atoms with Crippen LogP contribution >= 0.6 is 11.6 Å². The van der Waals surface area contributed by atoms with E-state index >= 15 is 0 Å². The van der Waals surface area contributed by atoms with Crippen LogP contribution in [-0.4, -0.2) is 49.8 Å². The molecule has 37 heavy (non-hydrogen) atoms. The maximum Gasteiger partial charge on any atom is 0.226 e. The van der Waals surface area contributed by atoms with Crippen molar-refractivity contribution in [2.45, 2.75) is 31.7 Å². The van der Waals surface area contributed by atoms with Gasteiger partial charge in [-0.3, -0.25) is 4.79 Å². The number of hydrogen-bond acceptors (Lipinski definition) is 6. The topological polar surface area (TPSA) is 83.7 Å². The number of nitrogens with one attached hydrogen (secondary N) is 1. The summed E-state index contributed by atoms with van der Waals surface area (Å²) in [5.41, 5.74) is 8.27. The highest BCUT2D eigenvalue weighted by Crippen LogP contribution is 2.27. The number of nitrogens with zero attached hydrogens (tertiary/aromatic N) is 3. The summed E-state index contributed by atoms with van der Waals surface area (Å²) in [7, 11) is 0. The Morgan fingerprint density at radius 3 is 2.62 bits per heavy atom. The summed E-state index contributed by atoms with van der Waals surface area (Å²) in [5.74, 6) is 0.273. The molecule has 2 fully saturated rings. The van der Waals surface area contributed by atoms with Crippen LogP contribution in [0.1, 0.15) is 25.7 Å². The van der Waals surface area contributed by atoms with E-state index in [9.17, 15) is 9.18 Å². The number of carbonyl (C=O) groups excluding carboxylic acids is 1. The quantitative estimate of drug-likeness (QED) is 0.466. The van der Waals surface area contributed by atoms with Gasteiger partial charge in [-0.1, -0.05) is 23.7 Å². The lowest BCUT2D eigenvalue weighted by atomic mass is 9.98. The van der Waals surface area contributed by atoms with E-state index in [1.807, 2.05) is 24.3 Å². The number of nitrogen functional groups attached to an aromatic ring is 1. The molecule has 2 aromatic carbocycles. The smallest absolute Gasteiger partial charge is 0.226 e. The van der Waals surface area contributed by atoms with Crippen molar-refractivity contribution in [1.82, 2.24) is 4.98 Å². The van der Waals surface area contributed by atoms with Crippen LogP contribution in [0.5, 0.6) is 0 Å². The molecule has 5 rings (SSSR count). The van der Waals surface area contributed by atoms with Crippen molar-refractivity contribution >= 4 is 40.4 Å². The molecule has 0 spiro atoms. The third kappa shape index (κ3) is 8.06. The average Bonchev–Trinajstić information content (AvgIpc) is 2.90. The van der Waals surface area contributed by atoms with Crippen LogP contribution in [-0.2, 0) is 9.53 Å². The highest BCUT2D eigenvalue weighted by molar-refractivity contribution is 6.30. The number of ether oxygens (including phenoxy) is 1. The van der Waals surface area contributed by atoms with Crippen LogP contribution < -0.4 is 20.9 Å². The molecular weight excluding hydrogens is 493 g/mol. The maximum absolute atomic E-state index is 13.5. The van der Waals surface area contributed by atoms with E-state index in [0.29, 0.717) is 22.9 Å². The minimum Gasteiger partial charge on any atom is -0.384 e. The highest BCUT2D eigenvalue weighted by Gasteiger charge is 2.25. The number of rotatable bonds is 5. The second kappa shape index (κ2) is 13.3. The van der Waals surface area contributed by atoms with Gasteiger partial charge in [0, 0.05) is 66.4 Å². The fourth-order valence-electron chi connectivity index (χ4n) is 4.65. The molecule has 2 aliphatic heterocycles. The molecule has 196 valence electrons. The number of halogens is 2. The number of hydrogen-bond donors (Lipinski definition) is 2. The number of pyridine rings is 1. The Bertz CT molecular complexity index is 1170. The molecule has 3 aromatic rings. The summed E-state index contributed by atoms with van der Waals surface area (Å²) in [5, 5.41) is 3.48. The lowest BCUT2D eigenvalue weighted by Crippen LogP contribution is -2.41. The fraction of sp³-hybridized carbons (Fsp3) is 0.357. The summed E-state index contributed by atoms with van der Waals surface area (Å²) < 4.78 is 18.8.